The van der Waals surface area contributed by atoms with Gasteiger partial charge in [-0.15, -0.1) is 0 Å². The minimum atomic E-state index is -0.191. The third-order valence-corrected chi connectivity index (χ3v) is 5.27. The van der Waals surface area contributed by atoms with E-state index in [2.05, 4.69) is 14.8 Å². The largest absolute Gasteiger partial charge is 0.446 e. The Morgan fingerprint density at radius 2 is 1.71 bits per heavy atom. The van der Waals surface area contributed by atoms with Crippen molar-refractivity contribution in [3.63, 3.8) is 0 Å². The monoisotopic (exact) mass is 332 g/mol. The molecule has 1 saturated carbocycles. The van der Waals surface area contributed by atoms with E-state index in [0.29, 0.717) is 0 Å². The van der Waals surface area contributed by atoms with Gasteiger partial charge in [-0.25, -0.2) is 4.79 Å². The molecule has 0 unspecified atom stereocenters. The molecule has 0 bridgehead atoms. The van der Waals surface area contributed by atoms with Crippen LogP contribution in [0.3, 0.4) is 0 Å². The molecular weight excluding hydrogens is 308 g/mol. The second-order valence-corrected chi connectivity index (χ2v) is 6.97. The van der Waals surface area contributed by atoms with Crippen molar-refractivity contribution >= 4 is 17.8 Å². The van der Waals surface area contributed by atoms with Gasteiger partial charge in [0.2, 0.25) is 0 Å². The number of ether oxygens (including phenoxy) is 1. The smallest absolute Gasteiger partial charge is 0.410 e. The zero-order valence-corrected chi connectivity index (χ0v) is 13.9. The van der Waals surface area contributed by atoms with Crippen molar-refractivity contribution < 1.29 is 14.3 Å². The third kappa shape index (κ3) is 3.45. The SMILES string of the molecule is O=C1C=CC(N2CCC(OC(=O)N3CCN(C4CC4)CC3)CC2)=N1. The second kappa shape index (κ2) is 6.55. The van der Waals surface area contributed by atoms with Gasteiger partial charge in [0.25, 0.3) is 5.91 Å². The molecule has 7 heteroatoms. The van der Waals surface area contributed by atoms with Crippen molar-refractivity contribution in [2.24, 2.45) is 4.99 Å². The van der Waals surface area contributed by atoms with Crippen LogP contribution in [0.4, 0.5) is 4.79 Å². The highest BCUT2D eigenvalue weighted by Crippen LogP contribution is 2.27. The van der Waals surface area contributed by atoms with E-state index in [9.17, 15) is 9.59 Å². The lowest BCUT2D eigenvalue weighted by molar-refractivity contribution is -0.113. The van der Waals surface area contributed by atoms with Crippen molar-refractivity contribution in [1.29, 1.82) is 0 Å². The Morgan fingerprint density at radius 3 is 2.29 bits per heavy atom. The van der Waals surface area contributed by atoms with Gasteiger partial charge in [0.15, 0.2) is 0 Å². The van der Waals surface area contributed by atoms with E-state index in [0.717, 1.165) is 64.0 Å². The maximum absolute atomic E-state index is 12.3. The zero-order valence-electron chi connectivity index (χ0n) is 13.9. The number of hydrogen-bond donors (Lipinski definition) is 0. The number of piperidine rings is 1. The normalized spacial score (nSPS) is 26.0. The van der Waals surface area contributed by atoms with Crippen LogP contribution in [0, 0.1) is 0 Å². The number of nitrogens with zero attached hydrogens (tertiary/aromatic N) is 4. The van der Waals surface area contributed by atoms with Gasteiger partial charge in [0.1, 0.15) is 11.9 Å². The molecule has 0 aromatic carbocycles. The van der Waals surface area contributed by atoms with Crippen molar-refractivity contribution in [2.75, 3.05) is 39.3 Å². The fourth-order valence-corrected chi connectivity index (χ4v) is 3.64. The Kier molecular flexibility index (Phi) is 4.26. The number of rotatable bonds is 2. The van der Waals surface area contributed by atoms with Crippen molar-refractivity contribution in [3.05, 3.63) is 12.2 Å². The summed E-state index contributed by atoms with van der Waals surface area (Å²) >= 11 is 0. The first-order valence-electron chi connectivity index (χ1n) is 8.94. The van der Waals surface area contributed by atoms with Crippen LogP contribution in [-0.4, -0.2) is 84.0 Å². The molecule has 3 aliphatic heterocycles. The van der Waals surface area contributed by atoms with Gasteiger partial charge < -0.3 is 14.5 Å². The Labute approximate surface area is 141 Å². The van der Waals surface area contributed by atoms with E-state index < -0.39 is 0 Å². The lowest BCUT2D eigenvalue weighted by Gasteiger charge is -2.36. The number of likely N-dealkylation sites (tertiary alicyclic amines) is 1. The van der Waals surface area contributed by atoms with Gasteiger partial charge >= 0.3 is 6.09 Å². The summed E-state index contributed by atoms with van der Waals surface area (Å²) in [7, 11) is 0. The molecule has 0 spiro atoms. The summed E-state index contributed by atoms with van der Waals surface area (Å²) in [5, 5.41) is 0. The minimum absolute atomic E-state index is 0.0307. The highest BCUT2D eigenvalue weighted by molar-refractivity contribution is 6.12. The summed E-state index contributed by atoms with van der Waals surface area (Å²) in [5.74, 6) is 0.546. The van der Waals surface area contributed by atoms with Crippen molar-refractivity contribution in [2.45, 2.75) is 37.8 Å². The first-order chi connectivity index (χ1) is 11.7. The molecule has 4 aliphatic rings. The molecule has 0 aromatic heterocycles. The maximum atomic E-state index is 12.3. The predicted molar refractivity (Wildman–Crippen MR) is 88.8 cm³/mol. The van der Waals surface area contributed by atoms with E-state index in [1.165, 1.54) is 18.9 Å². The molecule has 3 heterocycles. The second-order valence-electron chi connectivity index (χ2n) is 6.97. The lowest BCUT2D eigenvalue weighted by atomic mass is 10.1. The number of amides is 2. The predicted octanol–water partition coefficient (Wildman–Crippen LogP) is 0.862. The molecule has 2 amide bonds. The van der Waals surface area contributed by atoms with E-state index in [4.69, 9.17) is 4.74 Å². The molecule has 24 heavy (non-hydrogen) atoms. The van der Waals surface area contributed by atoms with Crippen LogP contribution < -0.4 is 0 Å². The fraction of sp³-hybridized carbons (Fsp3) is 0.706. The average molecular weight is 332 g/mol. The lowest BCUT2D eigenvalue weighted by Crippen LogP contribution is -2.50. The van der Waals surface area contributed by atoms with E-state index in [1.807, 2.05) is 4.90 Å². The number of piperazine rings is 1. The standard InChI is InChI=1S/C17H24N4O3/c22-16-4-3-15(18-16)20-7-5-14(6-8-20)24-17(23)21-11-9-19(10-12-21)13-1-2-13/h3-4,13-14H,1-2,5-12H2. The molecule has 2 saturated heterocycles. The summed E-state index contributed by atoms with van der Waals surface area (Å²) in [4.78, 5) is 33.9. The van der Waals surface area contributed by atoms with E-state index in [1.54, 1.807) is 6.08 Å². The summed E-state index contributed by atoms with van der Waals surface area (Å²) in [6, 6.07) is 0.770. The Hall–Kier alpha value is -1.89. The first-order valence-corrected chi connectivity index (χ1v) is 8.94. The van der Waals surface area contributed by atoms with Gasteiger partial charge in [0.05, 0.1) is 0 Å². The van der Waals surface area contributed by atoms with Crippen LogP contribution in [-0.2, 0) is 9.53 Å². The number of hydrogen-bond acceptors (Lipinski definition) is 5. The molecule has 7 nitrogen and oxygen atoms in total. The number of carbonyl (C=O) groups excluding carboxylic acids is 2. The van der Waals surface area contributed by atoms with E-state index >= 15 is 0 Å². The summed E-state index contributed by atoms with van der Waals surface area (Å²) in [6.07, 6.45) is 7.25. The molecular formula is C17H24N4O3. The Morgan fingerprint density at radius 1 is 1.00 bits per heavy atom. The highest BCUT2D eigenvalue weighted by atomic mass is 16.6. The first kappa shape index (κ1) is 15.6. The Bertz CT molecular complexity index is 568. The Balaban J connectivity index is 1.21. The minimum Gasteiger partial charge on any atom is -0.446 e. The van der Waals surface area contributed by atoms with Crippen LogP contribution in [0.25, 0.3) is 0 Å². The van der Waals surface area contributed by atoms with Crippen LogP contribution >= 0.6 is 0 Å². The number of carbonyl (C=O) groups is 2. The highest BCUT2D eigenvalue weighted by Gasteiger charge is 2.33. The van der Waals surface area contributed by atoms with Crippen LogP contribution in [0.1, 0.15) is 25.7 Å². The van der Waals surface area contributed by atoms with Crippen LogP contribution in [0.15, 0.2) is 17.1 Å². The van der Waals surface area contributed by atoms with Gasteiger partial charge in [0, 0.05) is 64.2 Å². The molecule has 1 aliphatic carbocycles. The summed E-state index contributed by atoms with van der Waals surface area (Å²) in [5.41, 5.74) is 0. The third-order valence-electron chi connectivity index (χ3n) is 5.27. The molecule has 0 radical (unpaired) electrons. The summed E-state index contributed by atoms with van der Waals surface area (Å²) < 4.78 is 5.69. The van der Waals surface area contributed by atoms with Crippen LogP contribution in [0.5, 0.6) is 0 Å². The quantitative estimate of drug-likeness (QED) is 0.750. The molecule has 3 fully saturated rings. The maximum Gasteiger partial charge on any atom is 0.410 e. The van der Waals surface area contributed by atoms with Gasteiger partial charge in [-0.1, -0.05) is 0 Å². The number of amidine groups is 1. The summed E-state index contributed by atoms with van der Waals surface area (Å²) in [6.45, 7) is 5.03. The average Bonchev–Trinajstić information content (AvgIpc) is 3.37. The topological polar surface area (TPSA) is 65.5 Å². The molecule has 130 valence electrons. The van der Waals surface area contributed by atoms with Gasteiger partial charge in [-0.3, -0.25) is 9.69 Å². The van der Waals surface area contributed by atoms with Gasteiger partial charge in [-0.2, -0.15) is 4.99 Å². The molecule has 0 N–H and O–H groups in total. The van der Waals surface area contributed by atoms with Crippen LogP contribution in [0.2, 0.25) is 0 Å². The zero-order chi connectivity index (χ0) is 16.5. The number of aliphatic imine (C=N–C) groups is 1. The molecule has 0 atom stereocenters. The molecule has 4 rings (SSSR count). The van der Waals surface area contributed by atoms with Gasteiger partial charge in [-0.05, 0) is 18.9 Å². The van der Waals surface area contributed by atoms with Crippen molar-refractivity contribution in [3.8, 4) is 0 Å². The van der Waals surface area contributed by atoms with E-state index in [-0.39, 0.29) is 18.1 Å². The fourth-order valence-electron chi connectivity index (χ4n) is 3.64. The molecule has 0 aromatic rings. The van der Waals surface area contributed by atoms with Crippen molar-refractivity contribution in [1.82, 2.24) is 14.7 Å².